The molecule has 0 atom stereocenters. The van der Waals surface area contributed by atoms with E-state index in [2.05, 4.69) is 10.6 Å². The molecule has 0 aromatic carbocycles. The molecule has 1 aliphatic heterocycles. The molecule has 3 amide bonds. The molecule has 20 heavy (non-hydrogen) atoms. The molecule has 0 bridgehead atoms. The van der Waals surface area contributed by atoms with E-state index < -0.39 is 0 Å². The van der Waals surface area contributed by atoms with Gasteiger partial charge in [0.05, 0.1) is 5.02 Å². The summed E-state index contributed by atoms with van der Waals surface area (Å²) in [4.78, 5) is 26.0. The predicted molar refractivity (Wildman–Crippen MR) is 80.6 cm³/mol. The van der Waals surface area contributed by atoms with Crippen molar-refractivity contribution in [2.24, 2.45) is 0 Å². The topological polar surface area (TPSA) is 61.4 Å². The van der Waals surface area contributed by atoms with E-state index in [9.17, 15) is 9.59 Å². The van der Waals surface area contributed by atoms with Gasteiger partial charge in [0.25, 0.3) is 5.91 Å². The predicted octanol–water partition coefficient (Wildman–Crippen LogP) is 2.24. The number of amides is 3. The Morgan fingerprint density at radius 2 is 2.05 bits per heavy atom. The Bertz CT molecular complexity index is 510. The molecule has 1 fully saturated rings. The number of piperidine rings is 1. The lowest BCUT2D eigenvalue weighted by atomic mass is 10.1. The number of carbonyl (C=O) groups is 2. The number of hydrogen-bond acceptors (Lipinski definition) is 3. The van der Waals surface area contributed by atoms with Gasteiger partial charge in [0.2, 0.25) is 0 Å². The molecule has 0 aliphatic carbocycles. The lowest BCUT2D eigenvalue weighted by molar-refractivity contribution is 0.0713. The molecule has 0 radical (unpaired) electrons. The molecular weight excluding hydrogens is 298 g/mol. The highest BCUT2D eigenvalue weighted by Gasteiger charge is 2.26. The molecule has 1 aliphatic rings. The number of nitrogens with zero attached hydrogens (tertiary/aromatic N) is 1. The second-order valence-electron chi connectivity index (χ2n) is 4.85. The number of halogens is 1. The third-order valence-electron chi connectivity index (χ3n) is 3.44. The summed E-state index contributed by atoms with van der Waals surface area (Å²) >= 11 is 7.53. The van der Waals surface area contributed by atoms with Crippen LogP contribution in [-0.2, 0) is 0 Å². The Morgan fingerprint density at radius 1 is 1.40 bits per heavy atom. The van der Waals surface area contributed by atoms with Gasteiger partial charge in [0, 0.05) is 26.2 Å². The van der Waals surface area contributed by atoms with Crippen molar-refractivity contribution in [3.05, 3.63) is 20.8 Å². The summed E-state index contributed by atoms with van der Waals surface area (Å²) in [5.41, 5.74) is 0.941. The summed E-state index contributed by atoms with van der Waals surface area (Å²) in [5, 5.41) is 7.87. The van der Waals surface area contributed by atoms with Crippen LogP contribution < -0.4 is 10.6 Å². The van der Waals surface area contributed by atoms with Crippen LogP contribution in [0.3, 0.4) is 0 Å². The SMILES string of the molecule is CNC(=O)NC1CCN(C(=O)c2scc(C)c2Cl)CC1. The number of aryl methyl sites for hydroxylation is 1. The van der Waals surface area contributed by atoms with Crippen LogP contribution in [0, 0.1) is 6.92 Å². The van der Waals surface area contributed by atoms with E-state index in [-0.39, 0.29) is 18.0 Å². The van der Waals surface area contributed by atoms with Crippen LogP contribution in [-0.4, -0.2) is 43.0 Å². The van der Waals surface area contributed by atoms with Crippen LogP contribution in [0.25, 0.3) is 0 Å². The Balaban J connectivity index is 1.92. The zero-order chi connectivity index (χ0) is 14.7. The van der Waals surface area contributed by atoms with Gasteiger partial charge in [-0.2, -0.15) is 0 Å². The van der Waals surface area contributed by atoms with Crippen LogP contribution in [0.4, 0.5) is 4.79 Å². The van der Waals surface area contributed by atoms with Gasteiger partial charge >= 0.3 is 6.03 Å². The van der Waals surface area contributed by atoms with Crippen LogP contribution in [0.2, 0.25) is 5.02 Å². The van der Waals surface area contributed by atoms with Crippen molar-refractivity contribution in [1.29, 1.82) is 0 Å². The third kappa shape index (κ3) is 3.24. The lowest BCUT2D eigenvalue weighted by Crippen LogP contribution is -2.48. The first-order valence-electron chi connectivity index (χ1n) is 6.54. The van der Waals surface area contributed by atoms with Gasteiger partial charge in [-0.1, -0.05) is 11.6 Å². The van der Waals surface area contributed by atoms with Gasteiger partial charge in [-0.05, 0) is 30.7 Å². The van der Waals surface area contributed by atoms with Crippen molar-refractivity contribution in [1.82, 2.24) is 15.5 Å². The lowest BCUT2D eigenvalue weighted by Gasteiger charge is -2.32. The van der Waals surface area contributed by atoms with Crippen molar-refractivity contribution in [2.75, 3.05) is 20.1 Å². The Hall–Kier alpha value is -1.27. The molecule has 1 aromatic heterocycles. The molecule has 7 heteroatoms. The molecule has 1 aromatic rings. The van der Waals surface area contributed by atoms with Gasteiger partial charge in [-0.3, -0.25) is 4.79 Å². The summed E-state index contributed by atoms with van der Waals surface area (Å²) in [6.07, 6.45) is 1.53. The molecule has 0 saturated carbocycles. The zero-order valence-corrected chi connectivity index (χ0v) is 13.1. The van der Waals surface area contributed by atoms with Gasteiger partial charge in [0.15, 0.2) is 0 Å². The van der Waals surface area contributed by atoms with Crippen molar-refractivity contribution >= 4 is 34.9 Å². The maximum atomic E-state index is 12.4. The monoisotopic (exact) mass is 315 g/mol. The number of nitrogens with one attached hydrogen (secondary N) is 2. The van der Waals surface area contributed by atoms with Crippen molar-refractivity contribution < 1.29 is 9.59 Å². The highest BCUT2D eigenvalue weighted by atomic mass is 35.5. The zero-order valence-electron chi connectivity index (χ0n) is 11.5. The summed E-state index contributed by atoms with van der Waals surface area (Å²) in [6, 6.07) is -0.0498. The minimum Gasteiger partial charge on any atom is -0.341 e. The minimum atomic E-state index is -0.174. The average Bonchev–Trinajstić information content (AvgIpc) is 2.79. The fourth-order valence-electron chi connectivity index (χ4n) is 2.20. The van der Waals surface area contributed by atoms with Gasteiger partial charge in [0.1, 0.15) is 4.88 Å². The molecule has 0 spiro atoms. The Morgan fingerprint density at radius 3 is 2.55 bits per heavy atom. The van der Waals surface area contributed by atoms with Crippen LogP contribution in [0.5, 0.6) is 0 Å². The maximum absolute atomic E-state index is 12.4. The van der Waals surface area contributed by atoms with E-state index in [1.54, 1.807) is 11.9 Å². The number of thiophene rings is 1. The number of urea groups is 1. The maximum Gasteiger partial charge on any atom is 0.314 e. The van der Waals surface area contributed by atoms with Crippen molar-refractivity contribution in [3.63, 3.8) is 0 Å². The molecule has 5 nitrogen and oxygen atoms in total. The molecule has 2 heterocycles. The van der Waals surface area contributed by atoms with E-state index in [1.807, 2.05) is 12.3 Å². The van der Waals surface area contributed by atoms with Gasteiger partial charge in [-0.25, -0.2) is 4.79 Å². The summed E-state index contributed by atoms with van der Waals surface area (Å²) in [7, 11) is 1.59. The molecule has 0 unspecified atom stereocenters. The molecule has 110 valence electrons. The highest BCUT2D eigenvalue weighted by molar-refractivity contribution is 7.13. The number of likely N-dealkylation sites (tertiary alicyclic amines) is 1. The smallest absolute Gasteiger partial charge is 0.314 e. The normalized spacial score (nSPS) is 16.1. The first-order valence-corrected chi connectivity index (χ1v) is 7.79. The Kier molecular flexibility index (Phi) is 4.88. The van der Waals surface area contributed by atoms with E-state index in [4.69, 9.17) is 11.6 Å². The van der Waals surface area contributed by atoms with E-state index in [1.165, 1.54) is 11.3 Å². The summed E-state index contributed by atoms with van der Waals surface area (Å²) < 4.78 is 0. The largest absolute Gasteiger partial charge is 0.341 e. The quantitative estimate of drug-likeness (QED) is 0.879. The number of carbonyl (C=O) groups excluding carboxylic acids is 2. The molecular formula is C13H18ClN3O2S. The number of hydrogen-bond donors (Lipinski definition) is 2. The molecule has 2 N–H and O–H groups in total. The summed E-state index contributed by atoms with van der Waals surface area (Å²) in [5.74, 6) is -0.00788. The fourth-order valence-corrected chi connectivity index (χ4v) is 3.44. The number of rotatable bonds is 2. The van der Waals surface area contributed by atoms with E-state index in [0.29, 0.717) is 23.0 Å². The van der Waals surface area contributed by atoms with Crippen LogP contribution >= 0.6 is 22.9 Å². The third-order valence-corrected chi connectivity index (χ3v) is 5.12. The first-order chi connectivity index (χ1) is 9.52. The second kappa shape index (κ2) is 6.45. The van der Waals surface area contributed by atoms with Gasteiger partial charge < -0.3 is 15.5 Å². The van der Waals surface area contributed by atoms with Gasteiger partial charge in [-0.15, -0.1) is 11.3 Å². The highest BCUT2D eigenvalue weighted by Crippen LogP contribution is 2.29. The standard InChI is InChI=1S/C13H18ClN3O2S/c1-8-7-20-11(10(8)14)12(18)17-5-3-9(4-6-17)16-13(19)15-2/h7,9H,3-6H2,1-2H3,(H2,15,16,19). The first kappa shape index (κ1) is 15.1. The Labute approximate surface area is 127 Å². The van der Waals surface area contributed by atoms with Crippen LogP contribution in [0.15, 0.2) is 5.38 Å². The molecule has 1 saturated heterocycles. The molecule has 2 rings (SSSR count). The van der Waals surface area contributed by atoms with Crippen molar-refractivity contribution in [3.8, 4) is 0 Å². The minimum absolute atomic E-state index is 0.00788. The average molecular weight is 316 g/mol. The van der Waals surface area contributed by atoms with Crippen LogP contribution in [0.1, 0.15) is 28.1 Å². The fraction of sp³-hybridized carbons (Fsp3) is 0.538. The summed E-state index contributed by atoms with van der Waals surface area (Å²) in [6.45, 7) is 3.18. The van der Waals surface area contributed by atoms with E-state index in [0.717, 1.165) is 18.4 Å². The second-order valence-corrected chi connectivity index (χ2v) is 6.11. The van der Waals surface area contributed by atoms with Crippen molar-refractivity contribution in [2.45, 2.75) is 25.8 Å². The van der Waals surface area contributed by atoms with E-state index >= 15 is 0 Å².